The number of ether oxygens (including phenoxy) is 1. The predicted octanol–water partition coefficient (Wildman–Crippen LogP) is 2.46. The zero-order valence-corrected chi connectivity index (χ0v) is 16.2. The normalized spacial score (nSPS) is 16.8. The van der Waals surface area contributed by atoms with Gasteiger partial charge in [0.15, 0.2) is 0 Å². The summed E-state index contributed by atoms with van der Waals surface area (Å²) in [6.07, 6.45) is 5.23. The molecule has 1 fully saturated rings. The molecule has 1 saturated heterocycles. The molecule has 1 amide bonds. The van der Waals surface area contributed by atoms with E-state index in [1.807, 2.05) is 24.3 Å². The highest BCUT2D eigenvalue weighted by molar-refractivity contribution is 5.92. The largest absolute Gasteiger partial charge is 0.376 e. The van der Waals surface area contributed by atoms with Crippen LogP contribution in [0.2, 0.25) is 0 Å². The van der Waals surface area contributed by atoms with Crippen molar-refractivity contribution in [2.45, 2.75) is 45.3 Å². The summed E-state index contributed by atoms with van der Waals surface area (Å²) in [7, 11) is 0. The number of nitrogens with zero attached hydrogens (tertiary/aromatic N) is 6. The monoisotopic (exact) mass is 380 g/mol. The van der Waals surface area contributed by atoms with Gasteiger partial charge in [-0.2, -0.15) is 10.1 Å². The molecule has 4 rings (SSSR count). The highest BCUT2D eigenvalue weighted by atomic mass is 16.5. The van der Waals surface area contributed by atoms with Crippen molar-refractivity contribution >= 4 is 11.7 Å². The van der Waals surface area contributed by atoms with Gasteiger partial charge in [0, 0.05) is 19.3 Å². The van der Waals surface area contributed by atoms with E-state index >= 15 is 0 Å². The van der Waals surface area contributed by atoms with Gasteiger partial charge in [0.25, 0.3) is 11.7 Å². The molecule has 3 aromatic rings. The third-order valence-corrected chi connectivity index (χ3v) is 4.90. The van der Waals surface area contributed by atoms with Crippen molar-refractivity contribution in [1.29, 1.82) is 0 Å². The van der Waals surface area contributed by atoms with Gasteiger partial charge in [0.2, 0.25) is 0 Å². The van der Waals surface area contributed by atoms with Gasteiger partial charge in [-0.25, -0.2) is 9.50 Å². The standard InChI is InChI=1S/C20H24N6O2/c1-14(2)18-10-17(24-20-22-13-23-26(18)20)19(27)25(12-16-7-5-9-28-16)11-15-6-3-4-8-21-15/h3-4,6,8,10,13-14,16H,5,7,9,11-12H2,1-2H3/t16-/m1/s1. The Hall–Kier alpha value is -2.87. The van der Waals surface area contributed by atoms with Crippen LogP contribution in [0.25, 0.3) is 5.78 Å². The van der Waals surface area contributed by atoms with E-state index in [2.05, 4.69) is 33.9 Å². The summed E-state index contributed by atoms with van der Waals surface area (Å²) >= 11 is 0. The third-order valence-electron chi connectivity index (χ3n) is 4.90. The number of fused-ring (bicyclic) bond motifs is 1. The SMILES string of the molecule is CC(C)c1cc(C(=O)N(Cc2ccccn2)C[C@H]2CCCO2)nc2ncnn12. The zero-order valence-electron chi connectivity index (χ0n) is 16.2. The van der Waals surface area contributed by atoms with Crippen LogP contribution in [0.1, 0.15) is 54.5 Å². The van der Waals surface area contributed by atoms with E-state index in [0.29, 0.717) is 24.6 Å². The third kappa shape index (κ3) is 3.87. The van der Waals surface area contributed by atoms with E-state index < -0.39 is 0 Å². The molecular formula is C20H24N6O2. The predicted molar refractivity (Wildman–Crippen MR) is 103 cm³/mol. The van der Waals surface area contributed by atoms with Crippen LogP contribution in [-0.4, -0.2) is 54.6 Å². The molecule has 4 heterocycles. The Morgan fingerprint density at radius 2 is 2.25 bits per heavy atom. The van der Waals surface area contributed by atoms with Crippen LogP contribution in [0.15, 0.2) is 36.8 Å². The molecule has 146 valence electrons. The molecule has 0 aromatic carbocycles. The number of carbonyl (C=O) groups is 1. The molecule has 0 N–H and O–H groups in total. The molecule has 0 unspecified atom stereocenters. The van der Waals surface area contributed by atoms with Gasteiger partial charge in [-0.1, -0.05) is 19.9 Å². The van der Waals surface area contributed by atoms with E-state index in [0.717, 1.165) is 30.8 Å². The quantitative estimate of drug-likeness (QED) is 0.653. The average molecular weight is 380 g/mol. The van der Waals surface area contributed by atoms with Gasteiger partial charge in [0.1, 0.15) is 12.0 Å². The number of pyridine rings is 1. The molecule has 0 saturated carbocycles. The second-order valence-corrected chi connectivity index (χ2v) is 7.33. The van der Waals surface area contributed by atoms with Crippen molar-refractivity contribution in [3.8, 4) is 0 Å². The Morgan fingerprint density at radius 3 is 2.96 bits per heavy atom. The van der Waals surface area contributed by atoms with Gasteiger partial charge in [-0.3, -0.25) is 9.78 Å². The van der Waals surface area contributed by atoms with Crippen molar-refractivity contribution in [1.82, 2.24) is 29.5 Å². The van der Waals surface area contributed by atoms with Crippen molar-refractivity contribution < 1.29 is 9.53 Å². The number of rotatable bonds is 6. The fourth-order valence-corrected chi connectivity index (χ4v) is 3.46. The Morgan fingerprint density at radius 1 is 1.36 bits per heavy atom. The summed E-state index contributed by atoms with van der Waals surface area (Å²) in [6, 6.07) is 7.53. The topological polar surface area (TPSA) is 85.5 Å². The molecular weight excluding hydrogens is 356 g/mol. The van der Waals surface area contributed by atoms with Gasteiger partial charge in [-0.05, 0) is 37.0 Å². The highest BCUT2D eigenvalue weighted by Crippen LogP contribution is 2.19. The maximum Gasteiger partial charge on any atom is 0.273 e. The van der Waals surface area contributed by atoms with E-state index in [-0.39, 0.29) is 17.9 Å². The summed E-state index contributed by atoms with van der Waals surface area (Å²) < 4.78 is 7.45. The molecule has 0 bridgehead atoms. The smallest absolute Gasteiger partial charge is 0.273 e. The van der Waals surface area contributed by atoms with Crippen molar-refractivity contribution in [2.75, 3.05) is 13.2 Å². The maximum absolute atomic E-state index is 13.4. The number of aromatic nitrogens is 5. The van der Waals surface area contributed by atoms with Crippen LogP contribution in [0.3, 0.4) is 0 Å². The van der Waals surface area contributed by atoms with Gasteiger partial charge >= 0.3 is 0 Å². The minimum Gasteiger partial charge on any atom is -0.376 e. The van der Waals surface area contributed by atoms with Crippen molar-refractivity contribution in [3.05, 3.63) is 53.9 Å². The first-order chi connectivity index (χ1) is 13.6. The zero-order chi connectivity index (χ0) is 19.5. The lowest BCUT2D eigenvalue weighted by Gasteiger charge is -2.25. The summed E-state index contributed by atoms with van der Waals surface area (Å²) in [5.74, 6) is 0.471. The van der Waals surface area contributed by atoms with E-state index in [4.69, 9.17) is 4.74 Å². The minimum atomic E-state index is -0.145. The summed E-state index contributed by atoms with van der Waals surface area (Å²) in [5, 5.41) is 4.22. The molecule has 1 atom stereocenters. The molecule has 1 aliphatic rings. The Labute approximate surface area is 163 Å². The van der Waals surface area contributed by atoms with E-state index in [1.54, 1.807) is 15.6 Å². The molecule has 8 heteroatoms. The summed E-state index contributed by atoms with van der Waals surface area (Å²) in [6.45, 7) is 5.80. The van der Waals surface area contributed by atoms with Gasteiger partial charge in [-0.15, -0.1) is 0 Å². The van der Waals surface area contributed by atoms with Crippen LogP contribution >= 0.6 is 0 Å². The van der Waals surface area contributed by atoms with E-state index in [1.165, 1.54) is 6.33 Å². The van der Waals surface area contributed by atoms with Crippen molar-refractivity contribution in [3.63, 3.8) is 0 Å². The molecule has 0 spiro atoms. The first kappa shape index (κ1) is 18.5. The van der Waals surface area contributed by atoms with E-state index in [9.17, 15) is 4.79 Å². The number of hydrogen-bond donors (Lipinski definition) is 0. The van der Waals surface area contributed by atoms with Crippen LogP contribution in [-0.2, 0) is 11.3 Å². The summed E-state index contributed by atoms with van der Waals surface area (Å²) in [4.78, 5) is 28.2. The van der Waals surface area contributed by atoms with Crippen LogP contribution in [0.4, 0.5) is 0 Å². The number of amides is 1. The molecule has 3 aromatic heterocycles. The fraction of sp³-hybridized carbons (Fsp3) is 0.450. The second kappa shape index (κ2) is 8.02. The maximum atomic E-state index is 13.4. The second-order valence-electron chi connectivity index (χ2n) is 7.33. The Kier molecular flexibility index (Phi) is 5.29. The lowest BCUT2D eigenvalue weighted by Crippen LogP contribution is -2.37. The van der Waals surface area contributed by atoms with Gasteiger partial charge < -0.3 is 9.64 Å². The molecule has 28 heavy (non-hydrogen) atoms. The lowest BCUT2D eigenvalue weighted by molar-refractivity contribution is 0.0500. The van der Waals surface area contributed by atoms with Crippen LogP contribution in [0.5, 0.6) is 0 Å². The molecule has 1 aliphatic heterocycles. The number of carbonyl (C=O) groups excluding carboxylic acids is 1. The molecule has 0 radical (unpaired) electrons. The molecule has 0 aliphatic carbocycles. The molecule has 8 nitrogen and oxygen atoms in total. The van der Waals surface area contributed by atoms with Gasteiger partial charge in [0.05, 0.1) is 24.0 Å². The highest BCUT2D eigenvalue weighted by Gasteiger charge is 2.26. The fourth-order valence-electron chi connectivity index (χ4n) is 3.46. The van der Waals surface area contributed by atoms with Crippen molar-refractivity contribution in [2.24, 2.45) is 0 Å². The minimum absolute atomic E-state index is 0.0501. The lowest BCUT2D eigenvalue weighted by atomic mass is 10.1. The number of hydrogen-bond acceptors (Lipinski definition) is 6. The first-order valence-corrected chi connectivity index (χ1v) is 9.63. The van der Waals surface area contributed by atoms with Crippen LogP contribution < -0.4 is 0 Å². The first-order valence-electron chi connectivity index (χ1n) is 9.63. The van der Waals surface area contributed by atoms with Crippen LogP contribution in [0, 0.1) is 0 Å². The average Bonchev–Trinajstić information content (AvgIpc) is 3.38. The Bertz CT molecular complexity index is 950. The summed E-state index contributed by atoms with van der Waals surface area (Å²) in [5.41, 5.74) is 2.11. The Balaban J connectivity index is 1.66.